The van der Waals surface area contributed by atoms with E-state index in [9.17, 15) is 4.79 Å². The van der Waals surface area contributed by atoms with E-state index >= 15 is 0 Å². The normalized spacial score (nSPS) is 15.5. The maximum Gasteiger partial charge on any atom is 0.410 e. The molecule has 1 aliphatic heterocycles. The molecule has 0 radical (unpaired) electrons. The number of carbonyl (C=O) groups excluding carboxylic acids is 1. The van der Waals surface area contributed by atoms with Gasteiger partial charge in [0.25, 0.3) is 5.95 Å². The second-order valence-electron chi connectivity index (χ2n) is 9.48. The second-order valence-corrected chi connectivity index (χ2v) is 9.48. The van der Waals surface area contributed by atoms with Crippen LogP contribution in [-0.4, -0.2) is 56.7 Å². The molecule has 0 aliphatic carbocycles. The Morgan fingerprint density at radius 3 is 2.56 bits per heavy atom. The fraction of sp³-hybridized carbons (Fsp3) is 0.565. The molecular weight excluding hydrogens is 410 g/mol. The fourth-order valence-corrected chi connectivity index (χ4v) is 4.01. The van der Waals surface area contributed by atoms with Gasteiger partial charge in [0.05, 0.1) is 12.8 Å². The summed E-state index contributed by atoms with van der Waals surface area (Å²) < 4.78 is 18.4. The van der Waals surface area contributed by atoms with Crippen molar-refractivity contribution >= 4 is 17.0 Å². The summed E-state index contributed by atoms with van der Waals surface area (Å²) >= 11 is 0. The van der Waals surface area contributed by atoms with Crippen molar-refractivity contribution in [3.05, 3.63) is 29.8 Å². The summed E-state index contributed by atoms with van der Waals surface area (Å²) in [5.41, 5.74) is 1.28. The van der Waals surface area contributed by atoms with Gasteiger partial charge in [-0.2, -0.15) is 14.8 Å². The molecule has 0 unspecified atom stereocenters. The number of para-hydroxylation sites is 1. The van der Waals surface area contributed by atoms with Gasteiger partial charge >= 0.3 is 6.09 Å². The second kappa shape index (κ2) is 8.44. The van der Waals surface area contributed by atoms with Gasteiger partial charge in [0.15, 0.2) is 0 Å². The van der Waals surface area contributed by atoms with Gasteiger partial charge in [-0.25, -0.2) is 4.79 Å². The van der Waals surface area contributed by atoms with Crippen LogP contribution in [0.15, 0.2) is 22.7 Å². The van der Waals surface area contributed by atoms with Gasteiger partial charge < -0.3 is 18.9 Å². The molecule has 1 aliphatic rings. The standard InChI is InChI=1S/C23H31N5O4/c1-14(2)18-16-8-7-9-17(30-6)19(16)28(25-18)21-24-20(32-26-21)15-10-12-27(13-11-15)22(29)31-23(3,4)5/h7-9,14-15H,10-13H2,1-6H3. The molecule has 1 aromatic carbocycles. The van der Waals surface area contributed by atoms with E-state index in [1.54, 1.807) is 16.7 Å². The van der Waals surface area contributed by atoms with E-state index in [-0.39, 0.29) is 17.9 Å². The van der Waals surface area contributed by atoms with Crippen LogP contribution < -0.4 is 4.74 Å². The average molecular weight is 442 g/mol. The Balaban J connectivity index is 1.56. The molecule has 32 heavy (non-hydrogen) atoms. The molecule has 9 nitrogen and oxygen atoms in total. The first-order valence-corrected chi connectivity index (χ1v) is 11.1. The molecule has 1 fully saturated rings. The molecule has 1 amide bonds. The highest BCUT2D eigenvalue weighted by molar-refractivity contribution is 5.88. The summed E-state index contributed by atoms with van der Waals surface area (Å²) in [5.74, 6) is 1.97. The minimum Gasteiger partial charge on any atom is -0.494 e. The minimum absolute atomic E-state index is 0.0863. The first-order chi connectivity index (χ1) is 15.2. The van der Waals surface area contributed by atoms with Crippen molar-refractivity contribution in [3.8, 4) is 11.7 Å². The lowest BCUT2D eigenvalue weighted by Gasteiger charge is -2.32. The van der Waals surface area contributed by atoms with E-state index in [1.165, 1.54) is 0 Å². The number of carbonyl (C=O) groups is 1. The van der Waals surface area contributed by atoms with E-state index in [0.717, 1.165) is 29.4 Å². The van der Waals surface area contributed by atoms with Crippen LogP contribution in [0.25, 0.3) is 16.9 Å². The number of fused-ring (bicyclic) bond motifs is 1. The molecule has 1 saturated heterocycles. The summed E-state index contributed by atoms with van der Waals surface area (Å²) in [4.78, 5) is 18.7. The molecule has 4 rings (SSSR count). The monoisotopic (exact) mass is 441 g/mol. The van der Waals surface area contributed by atoms with E-state index in [2.05, 4.69) is 24.0 Å². The highest BCUT2D eigenvalue weighted by atomic mass is 16.6. The zero-order valence-corrected chi connectivity index (χ0v) is 19.6. The van der Waals surface area contributed by atoms with Gasteiger partial charge in [-0.05, 0) is 50.8 Å². The van der Waals surface area contributed by atoms with Crippen LogP contribution in [0.3, 0.4) is 0 Å². The molecule has 0 saturated carbocycles. The number of benzene rings is 1. The van der Waals surface area contributed by atoms with Crippen LogP contribution in [0.5, 0.6) is 5.75 Å². The van der Waals surface area contributed by atoms with Crippen LogP contribution in [0.4, 0.5) is 4.79 Å². The van der Waals surface area contributed by atoms with Crippen LogP contribution in [-0.2, 0) is 4.74 Å². The number of aromatic nitrogens is 4. The van der Waals surface area contributed by atoms with E-state index in [1.807, 2.05) is 39.0 Å². The summed E-state index contributed by atoms with van der Waals surface area (Å²) in [6.45, 7) is 11.0. The van der Waals surface area contributed by atoms with Crippen molar-refractivity contribution < 1.29 is 18.8 Å². The predicted molar refractivity (Wildman–Crippen MR) is 119 cm³/mol. The van der Waals surface area contributed by atoms with E-state index in [4.69, 9.17) is 19.1 Å². The first-order valence-electron chi connectivity index (χ1n) is 11.1. The topological polar surface area (TPSA) is 95.5 Å². The SMILES string of the molecule is COc1cccc2c(C(C)C)nn(-c3noc(C4CCN(C(=O)OC(C)(C)C)CC4)n3)c12. The van der Waals surface area contributed by atoms with Crippen LogP contribution in [0, 0.1) is 0 Å². The highest BCUT2D eigenvalue weighted by Crippen LogP contribution is 2.34. The minimum atomic E-state index is -0.502. The largest absolute Gasteiger partial charge is 0.494 e. The third-order valence-electron chi connectivity index (χ3n) is 5.58. The molecule has 2 aromatic heterocycles. The average Bonchev–Trinajstić information content (AvgIpc) is 3.37. The van der Waals surface area contributed by atoms with Crippen LogP contribution in [0.1, 0.15) is 70.9 Å². The Morgan fingerprint density at radius 2 is 1.94 bits per heavy atom. The first kappa shape index (κ1) is 22.1. The summed E-state index contributed by atoms with van der Waals surface area (Å²) in [6, 6.07) is 5.89. The van der Waals surface area contributed by atoms with Gasteiger partial charge in [-0.15, -0.1) is 0 Å². The number of hydrogen-bond acceptors (Lipinski definition) is 7. The molecule has 3 heterocycles. The maximum atomic E-state index is 12.3. The maximum absolute atomic E-state index is 12.3. The lowest BCUT2D eigenvalue weighted by Crippen LogP contribution is -2.41. The molecule has 172 valence electrons. The highest BCUT2D eigenvalue weighted by Gasteiger charge is 2.30. The summed E-state index contributed by atoms with van der Waals surface area (Å²) in [5, 5.41) is 10.0. The van der Waals surface area contributed by atoms with Crippen molar-refractivity contribution in [2.45, 2.75) is 64.9 Å². The Bertz CT molecular complexity index is 1100. The zero-order valence-electron chi connectivity index (χ0n) is 19.6. The Morgan fingerprint density at radius 1 is 1.22 bits per heavy atom. The van der Waals surface area contributed by atoms with Gasteiger partial charge in [0.2, 0.25) is 5.89 Å². The molecule has 3 aromatic rings. The van der Waals surface area contributed by atoms with Gasteiger partial charge in [0, 0.05) is 24.4 Å². The molecule has 0 N–H and O–H groups in total. The smallest absolute Gasteiger partial charge is 0.410 e. The lowest BCUT2D eigenvalue weighted by atomic mass is 9.97. The fourth-order valence-electron chi connectivity index (χ4n) is 4.01. The number of ether oxygens (including phenoxy) is 2. The number of rotatable bonds is 4. The van der Waals surface area contributed by atoms with Crippen molar-refractivity contribution in [1.29, 1.82) is 0 Å². The zero-order chi connectivity index (χ0) is 23.0. The molecule has 0 atom stereocenters. The number of amides is 1. The Kier molecular flexibility index (Phi) is 5.83. The number of methoxy groups -OCH3 is 1. The molecule has 0 spiro atoms. The third kappa shape index (κ3) is 4.28. The van der Waals surface area contributed by atoms with Crippen molar-refractivity contribution in [2.75, 3.05) is 20.2 Å². The van der Waals surface area contributed by atoms with Crippen LogP contribution >= 0.6 is 0 Å². The summed E-state index contributed by atoms with van der Waals surface area (Å²) in [6.07, 6.45) is 1.20. The molecule has 9 heteroatoms. The number of piperidine rings is 1. The van der Waals surface area contributed by atoms with E-state index in [0.29, 0.717) is 30.7 Å². The quantitative estimate of drug-likeness (QED) is 0.581. The number of likely N-dealkylation sites (tertiary alicyclic amines) is 1. The van der Waals surface area contributed by atoms with Crippen LogP contribution in [0.2, 0.25) is 0 Å². The molecule has 0 bridgehead atoms. The predicted octanol–water partition coefficient (Wildman–Crippen LogP) is 4.66. The van der Waals surface area contributed by atoms with Crippen molar-refractivity contribution in [3.63, 3.8) is 0 Å². The Hall–Kier alpha value is -3.10. The van der Waals surface area contributed by atoms with Gasteiger partial charge in [-0.1, -0.05) is 26.0 Å². The summed E-state index contributed by atoms with van der Waals surface area (Å²) in [7, 11) is 1.64. The Labute approximate surface area is 187 Å². The molecular formula is C23H31N5O4. The van der Waals surface area contributed by atoms with Crippen molar-refractivity contribution in [1.82, 2.24) is 24.8 Å². The van der Waals surface area contributed by atoms with E-state index < -0.39 is 5.60 Å². The lowest BCUT2D eigenvalue weighted by molar-refractivity contribution is 0.0198. The van der Waals surface area contributed by atoms with Gasteiger partial charge in [-0.3, -0.25) is 0 Å². The third-order valence-corrected chi connectivity index (χ3v) is 5.58. The number of hydrogen-bond donors (Lipinski definition) is 0. The number of nitrogens with zero attached hydrogens (tertiary/aromatic N) is 5. The van der Waals surface area contributed by atoms with Crippen molar-refractivity contribution in [2.24, 2.45) is 0 Å². The van der Waals surface area contributed by atoms with Gasteiger partial charge in [0.1, 0.15) is 16.9 Å².